The highest BCUT2D eigenvalue weighted by Gasteiger charge is 1.96. The molecule has 0 aliphatic heterocycles. The highest BCUT2D eigenvalue weighted by atomic mass is 34.0. The van der Waals surface area contributed by atoms with Gasteiger partial charge >= 0.3 is 0 Å². The third-order valence-corrected chi connectivity index (χ3v) is 20.9. The van der Waals surface area contributed by atoms with Crippen LogP contribution in [0.15, 0.2) is 0 Å². The second kappa shape index (κ2) is 17.8. The minimum Gasteiger partial charge on any atom is -0.396 e. The Morgan fingerprint density at radius 2 is 1.33 bits per heavy atom. The normalized spacial score (nSPS) is 10.8. The quantitative estimate of drug-likeness (QED) is 0.201. The van der Waals surface area contributed by atoms with Crippen molar-refractivity contribution in [2.24, 2.45) is 0 Å². The summed E-state index contributed by atoms with van der Waals surface area (Å²) < 4.78 is 0. The van der Waals surface area contributed by atoms with E-state index in [9.17, 15) is 0 Å². The van der Waals surface area contributed by atoms with Crippen molar-refractivity contribution < 1.29 is 5.11 Å². The molecule has 0 rings (SSSR count). The van der Waals surface area contributed by atoms with Crippen LogP contribution in [0.4, 0.5) is 0 Å². The zero-order chi connectivity index (χ0) is 11.2. The Labute approximate surface area is 133 Å². The molecule has 0 heterocycles. The van der Waals surface area contributed by atoms with Crippen molar-refractivity contribution in [3.05, 3.63) is 0 Å². The first-order valence-corrected chi connectivity index (χ1v) is 17.3. The van der Waals surface area contributed by atoms with Crippen LogP contribution in [0.2, 0.25) is 0 Å². The van der Waals surface area contributed by atoms with E-state index in [0.717, 1.165) is 12.2 Å². The molecule has 0 amide bonds. The first kappa shape index (κ1) is 18.8. The Kier molecular flexibility index (Phi) is 22.3. The maximum Gasteiger partial charge on any atom is 0.0439 e. The average molecular weight is 413 g/mol. The number of aliphatic hydroxyl groups is 1. The van der Waals surface area contributed by atoms with Gasteiger partial charge < -0.3 is 5.11 Å². The van der Waals surface area contributed by atoms with Crippen molar-refractivity contribution in [2.45, 2.75) is 6.42 Å². The maximum atomic E-state index is 8.55. The summed E-state index contributed by atoms with van der Waals surface area (Å²) in [5.41, 5.74) is 0. The predicted octanol–water partition coefficient (Wildman–Crippen LogP) is 6.78. The Morgan fingerprint density at radius 3 is 1.87 bits per heavy atom. The third kappa shape index (κ3) is 17.8. The van der Waals surface area contributed by atoms with Crippen molar-refractivity contribution >= 4 is 111 Å². The van der Waals surface area contributed by atoms with E-state index in [1.54, 1.807) is 89.4 Å². The Hall–Kier alpha value is 3.81. The molecular formula is C3H8OS11. The summed E-state index contributed by atoms with van der Waals surface area (Å²) in [6.07, 6.45) is 0.885. The van der Waals surface area contributed by atoms with Crippen molar-refractivity contribution in [1.29, 1.82) is 0 Å². The topological polar surface area (TPSA) is 20.2 Å². The van der Waals surface area contributed by atoms with Gasteiger partial charge in [0.15, 0.2) is 0 Å². The van der Waals surface area contributed by atoms with Crippen LogP contribution < -0.4 is 0 Å². The van der Waals surface area contributed by atoms with E-state index in [0.29, 0.717) is 6.61 Å². The fourth-order valence-corrected chi connectivity index (χ4v) is 22.8. The first-order chi connectivity index (χ1) is 7.41. The molecule has 0 unspecified atom stereocenters. The van der Waals surface area contributed by atoms with Gasteiger partial charge in [0.05, 0.1) is 0 Å². The molecule has 0 spiro atoms. The van der Waals surface area contributed by atoms with Gasteiger partial charge in [-0.2, -0.15) is 0 Å². The van der Waals surface area contributed by atoms with Crippen LogP contribution in [-0.2, 0) is 0 Å². The van der Waals surface area contributed by atoms with E-state index < -0.39 is 0 Å². The summed E-state index contributed by atoms with van der Waals surface area (Å²) in [4.78, 5) is 0. The third-order valence-electron chi connectivity index (χ3n) is 0.659. The lowest BCUT2D eigenvalue weighted by Gasteiger charge is -1.97. The molecule has 0 aliphatic carbocycles. The lowest BCUT2D eigenvalue weighted by Crippen LogP contribution is -1.81. The van der Waals surface area contributed by atoms with Crippen LogP contribution in [0.5, 0.6) is 0 Å². The minimum atomic E-state index is 0.296. The number of thiol groups is 1. The largest absolute Gasteiger partial charge is 0.396 e. The van der Waals surface area contributed by atoms with E-state index in [1.165, 1.54) is 9.83 Å². The molecule has 92 valence electrons. The van der Waals surface area contributed by atoms with Gasteiger partial charge in [-0.3, -0.25) is 0 Å². The van der Waals surface area contributed by atoms with Crippen LogP contribution >= 0.6 is 111 Å². The second-order valence-corrected chi connectivity index (χ2v) is 19.0. The zero-order valence-electron chi connectivity index (χ0n) is 7.10. The smallest absolute Gasteiger partial charge is 0.0439 e. The Morgan fingerprint density at radius 1 is 0.800 bits per heavy atom. The average Bonchev–Trinajstić information content (AvgIpc) is 2.26. The molecule has 0 bridgehead atoms. The molecule has 0 atom stereocenters. The minimum absolute atomic E-state index is 0.296. The molecule has 0 aromatic carbocycles. The van der Waals surface area contributed by atoms with Gasteiger partial charge in [0, 0.05) is 12.4 Å². The lowest BCUT2D eigenvalue weighted by molar-refractivity contribution is 0.296. The molecule has 0 aliphatic rings. The highest BCUT2D eigenvalue weighted by Crippen LogP contribution is 2.60. The van der Waals surface area contributed by atoms with Crippen molar-refractivity contribution in [3.8, 4) is 0 Å². The Bertz CT molecular complexity index is 100. The predicted molar refractivity (Wildman–Crippen MR) is 101 cm³/mol. The fourth-order valence-electron chi connectivity index (χ4n) is 0.258. The van der Waals surface area contributed by atoms with Gasteiger partial charge in [0.1, 0.15) is 0 Å². The lowest BCUT2D eigenvalue weighted by atomic mass is 10.5. The van der Waals surface area contributed by atoms with E-state index in [-0.39, 0.29) is 0 Å². The summed E-state index contributed by atoms with van der Waals surface area (Å²) in [5, 5.41) is 8.55. The molecule has 15 heavy (non-hydrogen) atoms. The molecule has 0 aromatic heterocycles. The molecular weight excluding hydrogens is 405 g/mol. The maximum absolute atomic E-state index is 8.55. The van der Waals surface area contributed by atoms with Crippen LogP contribution in [0, 0.1) is 0 Å². The fraction of sp³-hybridized carbons (Fsp3) is 1.00. The molecule has 0 saturated heterocycles. The van der Waals surface area contributed by atoms with E-state index >= 15 is 0 Å². The van der Waals surface area contributed by atoms with Gasteiger partial charge in [-0.05, 0) is 94.9 Å². The molecule has 0 fully saturated rings. The van der Waals surface area contributed by atoms with Crippen LogP contribution in [-0.4, -0.2) is 17.5 Å². The van der Waals surface area contributed by atoms with E-state index in [2.05, 4.69) is 11.7 Å². The standard InChI is InChI=1S/C3H8OS11/c4-2-1-3-6-8-10-12-14-15-13-11-9-7-5/h4-5H,1-3H2. The summed E-state index contributed by atoms with van der Waals surface area (Å²) in [5.74, 6) is 1.02. The number of hydrogen-bond acceptors (Lipinski definition) is 12. The molecule has 0 aromatic rings. The van der Waals surface area contributed by atoms with Crippen LogP contribution in [0.3, 0.4) is 0 Å². The van der Waals surface area contributed by atoms with Crippen LogP contribution in [0.25, 0.3) is 0 Å². The SMILES string of the molecule is OCCCSSSSSSSSSSS. The van der Waals surface area contributed by atoms with Crippen molar-refractivity contribution in [3.63, 3.8) is 0 Å². The van der Waals surface area contributed by atoms with Gasteiger partial charge in [-0.15, -0.1) is 0 Å². The van der Waals surface area contributed by atoms with E-state index in [4.69, 9.17) is 5.11 Å². The molecule has 1 N–H and O–H groups in total. The summed E-state index contributed by atoms with van der Waals surface area (Å²) in [7, 11) is 17.3. The van der Waals surface area contributed by atoms with Crippen LogP contribution in [0.1, 0.15) is 6.42 Å². The van der Waals surface area contributed by atoms with Crippen molar-refractivity contribution in [2.75, 3.05) is 12.4 Å². The summed E-state index contributed by atoms with van der Waals surface area (Å²) >= 11 is 4.02. The van der Waals surface area contributed by atoms with Crippen molar-refractivity contribution in [1.82, 2.24) is 0 Å². The first-order valence-electron chi connectivity index (χ1n) is 3.29. The monoisotopic (exact) mass is 412 g/mol. The van der Waals surface area contributed by atoms with Gasteiger partial charge in [0.2, 0.25) is 0 Å². The molecule has 1 nitrogen and oxygen atoms in total. The summed E-state index contributed by atoms with van der Waals surface area (Å²) in [6, 6.07) is 0. The zero-order valence-corrected chi connectivity index (χ0v) is 16.2. The number of aliphatic hydroxyl groups excluding tert-OH is 1. The van der Waals surface area contributed by atoms with Gasteiger partial charge in [-0.1, -0.05) is 22.5 Å². The number of rotatable bonds is 12. The second-order valence-electron chi connectivity index (χ2n) is 1.52. The van der Waals surface area contributed by atoms with Gasteiger partial charge in [-0.25, -0.2) is 0 Å². The molecule has 0 radical (unpaired) electrons. The molecule has 12 heteroatoms. The van der Waals surface area contributed by atoms with Gasteiger partial charge in [0.25, 0.3) is 0 Å². The molecule has 0 saturated carbocycles. The van der Waals surface area contributed by atoms with E-state index in [1.807, 2.05) is 0 Å². The number of hydrogen-bond donors (Lipinski definition) is 2. The Balaban J connectivity index is 2.81. The highest BCUT2D eigenvalue weighted by molar-refractivity contribution is 9.53. The summed E-state index contributed by atoms with van der Waals surface area (Å²) in [6.45, 7) is 0.296.